The Morgan fingerprint density at radius 2 is 1.83 bits per heavy atom. The van der Waals surface area contributed by atoms with Crippen molar-refractivity contribution in [3.8, 4) is 5.75 Å². The molecule has 0 saturated heterocycles. The lowest BCUT2D eigenvalue weighted by Gasteiger charge is -2.07. The van der Waals surface area contributed by atoms with Crippen LogP contribution in [-0.4, -0.2) is 22.1 Å². The standard InChI is InChI=1S/C13H13N5O.C3H6.C2H6/c1-19-9-4-2-8(3-5-9)18-13-12-11(16-7-17-13)10(14)6-15-12;1-3-2;1-2/h2-7,15H,14H2,1H3,(H,16,17,18);3H,1H2,2H3;1-2H3. The molecule has 3 aromatic rings. The SMILES string of the molecule is C=CC.CC.COc1ccc(Nc2ncnc3c(N)c[nH]c23)cc1. The van der Waals surface area contributed by atoms with Crippen LogP contribution in [0.25, 0.3) is 11.0 Å². The van der Waals surface area contributed by atoms with E-state index in [0.717, 1.165) is 17.0 Å². The normalized spacial score (nSPS) is 9.17. The number of nitrogens with zero attached hydrogens (tertiary/aromatic N) is 2. The molecule has 2 heterocycles. The van der Waals surface area contributed by atoms with E-state index in [-0.39, 0.29) is 0 Å². The molecule has 0 saturated carbocycles. The molecule has 1 aromatic carbocycles. The molecular formula is C18H25N5O. The van der Waals surface area contributed by atoms with E-state index in [4.69, 9.17) is 10.5 Å². The Morgan fingerprint density at radius 3 is 2.42 bits per heavy atom. The highest BCUT2D eigenvalue weighted by molar-refractivity contribution is 5.95. The van der Waals surface area contributed by atoms with Gasteiger partial charge in [0.2, 0.25) is 0 Å². The summed E-state index contributed by atoms with van der Waals surface area (Å²) in [5, 5.41) is 3.22. The van der Waals surface area contributed by atoms with Gasteiger partial charge in [0.25, 0.3) is 0 Å². The monoisotopic (exact) mass is 327 g/mol. The number of aromatic amines is 1. The predicted molar refractivity (Wildman–Crippen MR) is 102 cm³/mol. The smallest absolute Gasteiger partial charge is 0.158 e. The van der Waals surface area contributed by atoms with Gasteiger partial charge in [0.1, 0.15) is 23.1 Å². The third-order valence-electron chi connectivity index (χ3n) is 2.85. The lowest BCUT2D eigenvalue weighted by molar-refractivity contribution is 0.415. The van der Waals surface area contributed by atoms with Crippen molar-refractivity contribution in [1.29, 1.82) is 0 Å². The zero-order chi connectivity index (χ0) is 17.9. The molecule has 0 radical (unpaired) electrons. The Kier molecular flexibility index (Phi) is 7.84. The average Bonchev–Trinajstić information content (AvgIpc) is 3.01. The summed E-state index contributed by atoms with van der Waals surface area (Å²) in [5.74, 6) is 1.49. The van der Waals surface area contributed by atoms with E-state index in [2.05, 4.69) is 26.8 Å². The van der Waals surface area contributed by atoms with Crippen molar-refractivity contribution >= 4 is 28.2 Å². The number of hydrogen-bond acceptors (Lipinski definition) is 5. The molecule has 0 amide bonds. The number of aromatic nitrogens is 3. The van der Waals surface area contributed by atoms with E-state index in [1.54, 1.807) is 19.4 Å². The molecule has 0 aliphatic rings. The molecule has 0 spiro atoms. The minimum absolute atomic E-state index is 0.607. The second-order valence-corrected chi connectivity index (χ2v) is 4.45. The van der Waals surface area contributed by atoms with Crippen LogP contribution in [0, 0.1) is 0 Å². The number of hydrogen-bond donors (Lipinski definition) is 3. The topological polar surface area (TPSA) is 88.8 Å². The van der Waals surface area contributed by atoms with Gasteiger partial charge in [-0.05, 0) is 31.2 Å². The van der Waals surface area contributed by atoms with E-state index in [9.17, 15) is 0 Å². The molecule has 0 aliphatic heterocycles. The average molecular weight is 327 g/mol. The quantitative estimate of drug-likeness (QED) is 0.616. The van der Waals surface area contributed by atoms with Crippen molar-refractivity contribution < 1.29 is 4.74 Å². The van der Waals surface area contributed by atoms with Gasteiger partial charge < -0.3 is 20.8 Å². The Morgan fingerprint density at radius 1 is 1.21 bits per heavy atom. The van der Waals surface area contributed by atoms with Gasteiger partial charge >= 0.3 is 0 Å². The first-order valence-corrected chi connectivity index (χ1v) is 7.75. The highest BCUT2D eigenvalue weighted by Gasteiger charge is 2.08. The van der Waals surface area contributed by atoms with Gasteiger partial charge in [-0.25, -0.2) is 9.97 Å². The number of benzene rings is 1. The molecule has 2 aromatic heterocycles. The van der Waals surface area contributed by atoms with Crippen molar-refractivity contribution in [1.82, 2.24) is 15.0 Å². The maximum absolute atomic E-state index is 5.81. The zero-order valence-electron chi connectivity index (χ0n) is 14.6. The summed E-state index contributed by atoms with van der Waals surface area (Å²) in [6, 6.07) is 7.59. The number of H-pyrrole nitrogens is 1. The first-order chi connectivity index (χ1) is 11.7. The Labute approximate surface area is 142 Å². The van der Waals surface area contributed by atoms with Crippen molar-refractivity contribution in [2.75, 3.05) is 18.2 Å². The Hall–Kier alpha value is -3.02. The minimum Gasteiger partial charge on any atom is -0.497 e. The second-order valence-electron chi connectivity index (χ2n) is 4.45. The van der Waals surface area contributed by atoms with Gasteiger partial charge in [-0.2, -0.15) is 0 Å². The van der Waals surface area contributed by atoms with Gasteiger partial charge in [-0.1, -0.05) is 19.9 Å². The van der Waals surface area contributed by atoms with E-state index in [1.807, 2.05) is 45.0 Å². The van der Waals surface area contributed by atoms with Gasteiger partial charge in [-0.3, -0.25) is 0 Å². The maximum atomic E-state index is 5.81. The number of nitrogen functional groups attached to an aromatic ring is 1. The molecule has 0 aliphatic carbocycles. The van der Waals surface area contributed by atoms with E-state index in [1.165, 1.54) is 6.33 Å². The van der Waals surface area contributed by atoms with Crippen LogP contribution >= 0.6 is 0 Å². The molecule has 0 unspecified atom stereocenters. The van der Waals surface area contributed by atoms with Gasteiger partial charge in [0, 0.05) is 11.9 Å². The van der Waals surface area contributed by atoms with Crippen molar-refractivity contribution in [2.45, 2.75) is 20.8 Å². The lowest BCUT2D eigenvalue weighted by atomic mass is 10.3. The summed E-state index contributed by atoms with van der Waals surface area (Å²) in [6.07, 6.45) is 4.94. The summed E-state index contributed by atoms with van der Waals surface area (Å²) in [6.45, 7) is 9.25. The largest absolute Gasteiger partial charge is 0.497 e. The number of anilines is 3. The molecule has 0 fully saturated rings. The molecule has 128 valence electrons. The van der Waals surface area contributed by atoms with E-state index >= 15 is 0 Å². The minimum atomic E-state index is 0.607. The molecule has 24 heavy (non-hydrogen) atoms. The van der Waals surface area contributed by atoms with Crippen LogP contribution < -0.4 is 15.8 Å². The van der Waals surface area contributed by atoms with E-state index in [0.29, 0.717) is 17.0 Å². The summed E-state index contributed by atoms with van der Waals surface area (Å²) in [7, 11) is 1.64. The molecule has 0 bridgehead atoms. The highest BCUT2D eigenvalue weighted by atomic mass is 16.5. The van der Waals surface area contributed by atoms with Crippen LogP contribution in [0.4, 0.5) is 17.2 Å². The molecule has 3 rings (SSSR count). The molecule has 6 nitrogen and oxygen atoms in total. The first kappa shape index (κ1) is 19.0. The fraction of sp³-hybridized carbons (Fsp3) is 0.222. The maximum Gasteiger partial charge on any atom is 0.158 e. The van der Waals surface area contributed by atoms with Crippen LogP contribution in [0.1, 0.15) is 20.8 Å². The molecule has 4 N–H and O–H groups in total. The molecule has 6 heteroatoms. The summed E-state index contributed by atoms with van der Waals surface area (Å²) < 4.78 is 5.12. The zero-order valence-corrected chi connectivity index (χ0v) is 14.6. The molecule has 0 atom stereocenters. The fourth-order valence-electron chi connectivity index (χ4n) is 1.87. The Balaban J connectivity index is 0.000000521. The highest BCUT2D eigenvalue weighted by Crippen LogP contribution is 2.26. The third-order valence-corrected chi connectivity index (χ3v) is 2.85. The van der Waals surface area contributed by atoms with Crippen molar-refractivity contribution in [3.63, 3.8) is 0 Å². The second kappa shape index (κ2) is 9.89. The number of allylic oxidation sites excluding steroid dienone is 1. The Bertz CT molecular complexity index is 750. The number of ether oxygens (including phenoxy) is 1. The van der Waals surface area contributed by atoms with Gasteiger partial charge in [-0.15, -0.1) is 6.58 Å². The number of fused-ring (bicyclic) bond motifs is 1. The van der Waals surface area contributed by atoms with Crippen LogP contribution in [0.15, 0.2) is 49.4 Å². The number of methoxy groups -OCH3 is 1. The third kappa shape index (κ3) is 4.74. The summed E-state index contributed by atoms with van der Waals surface area (Å²) in [5.41, 5.74) is 8.83. The molecular weight excluding hydrogens is 302 g/mol. The van der Waals surface area contributed by atoms with Crippen molar-refractivity contribution in [3.05, 3.63) is 49.4 Å². The predicted octanol–water partition coefficient (Wildman–Crippen LogP) is 4.51. The van der Waals surface area contributed by atoms with Crippen LogP contribution in [0.5, 0.6) is 5.75 Å². The van der Waals surface area contributed by atoms with Gasteiger partial charge in [0.15, 0.2) is 5.82 Å². The lowest BCUT2D eigenvalue weighted by Crippen LogP contribution is -1.96. The number of rotatable bonds is 3. The van der Waals surface area contributed by atoms with Gasteiger partial charge in [0.05, 0.1) is 12.8 Å². The van der Waals surface area contributed by atoms with Crippen LogP contribution in [-0.2, 0) is 0 Å². The first-order valence-electron chi connectivity index (χ1n) is 7.75. The summed E-state index contributed by atoms with van der Waals surface area (Å²) >= 11 is 0. The van der Waals surface area contributed by atoms with Crippen molar-refractivity contribution in [2.24, 2.45) is 0 Å². The van der Waals surface area contributed by atoms with Crippen LogP contribution in [0.2, 0.25) is 0 Å². The fourth-order valence-corrected chi connectivity index (χ4v) is 1.87. The summed E-state index contributed by atoms with van der Waals surface area (Å²) in [4.78, 5) is 11.4. The van der Waals surface area contributed by atoms with Crippen LogP contribution in [0.3, 0.4) is 0 Å². The number of nitrogens with one attached hydrogen (secondary N) is 2. The number of nitrogens with two attached hydrogens (primary N) is 1. The van der Waals surface area contributed by atoms with E-state index < -0.39 is 0 Å².